The molecule has 7 heteroatoms. The van der Waals surface area contributed by atoms with E-state index in [9.17, 15) is 9.59 Å². The molecule has 0 unspecified atom stereocenters. The molecule has 0 bridgehead atoms. The molecule has 2 amide bonds. The molecule has 23 heavy (non-hydrogen) atoms. The van der Waals surface area contributed by atoms with Crippen molar-refractivity contribution >= 4 is 55.4 Å². The summed E-state index contributed by atoms with van der Waals surface area (Å²) in [5.41, 5.74) is 1.75. The summed E-state index contributed by atoms with van der Waals surface area (Å²) >= 11 is 6.28. The Balaban J connectivity index is 1.95. The van der Waals surface area contributed by atoms with Crippen LogP contribution in [0, 0.1) is 5.92 Å². The minimum Gasteiger partial charge on any atom is -0.355 e. The number of rotatable bonds is 3. The molecule has 1 aliphatic carbocycles. The van der Waals surface area contributed by atoms with Crippen LogP contribution in [0.5, 0.6) is 0 Å². The molecule has 122 valence electrons. The van der Waals surface area contributed by atoms with Gasteiger partial charge in [-0.05, 0) is 58.8 Å². The fourth-order valence-corrected chi connectivity index (χ4v) is 5.49. The highest BCUT2D eigenvalue weighted by Crippen LogP contribution is 2.40. The zero-order valence-corrected chi connectivity index (χ0v) is 16.1. The maximum absolute atomic E-state index is 12.4. The molecular formula is C16H17BrN2O2S2. The lowest BCUT2D eigenvalue weighted by Gasteiger charge is -2.18. The van der Waals surface area contributed by atoms with Gasteiger partial charge in [-0.15, -0.1) is 22.7 Å². The lowest BCUT2D eigenvalue weighted by atomic mass is 9.88. The van der Waals surface area contributed by atoms with E-state index in [1.54, 1.807) is 13.1 Å². The van der Waals surface area contributed by atoms with Crippen molar-refractivity contribution < 1.29 is 9.59 Å². The monoisotopic (exact) mass is 412 g/mol. The molecule has 0 radical (unpaired) electrons. The summed E-state index contributed by atoms with van der Waals surface area (Å²) in [6.45, 7) is 2.23. The van der Waals surface area contributed by atoms with Gasteiger partial charge in [0.05, 0.1) is 14.2 Å². The van der Waals surface area contributed by atoms with E-state index in [0.717, 1.165) is 28.6 Å². The molecular weight excluding hydrogens is 396 g/mol. The molecule has 0 saturated heterocycles. The summed E-state index contributed by atoms with van der Waals surface area (Å²) in [5, 5.41) is 6.30. The number of anilines is 1. The van der Waals surface area contributed by atoms with Gasteiger partial charge in [0.2, 0.25) is 0 Å². The van der Waals surface area contributed by atoms with E-state index in [1.165, 1.54) is 27.6 Å². The van der Waals surface area contributed by atoms with Crippen LogP contribution < -0.4 is 10.6 Å². The average Bonchev–Trinajstić information content (AvgIpc) is 3.09. The second kappa shape index (κ2) is 6.75. The molecule has 2 aromatic heterocycles. The molecule has 0 saturated carbocycles. The molecule has 3 rings (SSSR count). The van der Waals surface area contributed by atoms with E-state index < -0.39 is 0 Å². The standard InChI is InChI=1S/C16H17BrN2O2S2/c1-8-3-4-9-11(7-8)23-16(13(9)15(21)18-2)19-14(20)10-5-6-12(17)22-10/h5-6,8H,3-4,7H2,1-2H3,(H,18,21)(H,19,20)/t8-/m0/s1. The van der Waals surface area contributed by atoms with E-state index in [1.807, 2.05) is 6.07 Å². The Labute approximate surface area is 151 Å². The van der Waals surface area contributed by atoms with Crippen LogP contribution in [-0.2, 0) is 12.8 Å². The number of hydrogen-bond donors (Lipinski definition) is 2. The van der Waals surface area contributed by atoms with Gasteiger partial charge in [0.25, 0.3) is 11.8 Å². The SMILES string of the molecule is CNC(=O)c1c(NC(=O)c2ccc(Br)s2)sc2c1CC[C@H](C)C2. The molecule has 4 nitrogen and oxygen atoms in total. The number of carbonyl (C=O) groups excluding carboxylic acids is 2. The van der Waals surface area contributed by atoms with Crippen LogP contribution in [0.25, 0.3) is 0 Å². The van der Waals surface area contributed by atoms with Crippen molar-refractivity contribution in [1.82, 2.24) is 5.32 Å². The minimum atomic E-state index is -0.169. The third kappa shape index (κ3) is 3.36. The minimum absolute atomic E-state index is 0.125. The maximum atomic E-state index is 12.4. The van der Waals surface area contributed by atoms with Gasteiger partial charge in [0.15, 0.2) is 0 Å². The van der Waals surface area contributed by atoms with E-state index in [4.69, 9.17) is 0 Å². The zero-order chi connectivity index (χ0) is 16.6. The first-order chi connectivity index (χ1) is 11.0. The largest absolute Gasteiger partial charge is 0.355 e. The number of hydrogen-bond acceptors (Lipinski definition) is 4. The first-order valence-corrected chi connectivity index (χ1v) is 9.85. The first kappa shape index (κ1) is 16.7. The summed E-state index contributed by atoms with van der Waals surface area (Å²) < 4.78 is 0.911. The predicted molar refractivity (Wildman–Crippen MR) is 98.9 cm³/mol. The number of carbonyl (C=O) groups is 2. The normalized spacial score (nSPS) is 16.7. The van der Waals surface area contributed by atoms with Gasteiger partial charge < -0.3 is 10.6 Å². The Hall–Kier alpha value is -1.18. The van der Waals surface area contributed by atoms with Gasteiger partial charge in [-0.2, -0.15) is 0 Å². The second-order valence-corrected chi connectivity index (χ2v) is 9.26. The topological polar surface area (TPSA) is 58.2 Å². The fourth-order valence-electron chi connectivity index (χ4n) is 2.81. The maximum Gasteiger partial charge on any atom is 0.266 e. The number of nitrogens with one attached hydrogen (secondary N) is 2. The van der Waals surface area contributed by atoms with Crippen LogP contribution in [-0.4, -0.2) is 18.9 Å². The van der Waals surface area contributed by atoms with Crippen molar-refractivity contribution in [3.8, 4) is 0 Å². The molecule has 0 aliphatic heterocycles. The van der Waals surface area contributed by atoms with Crippen LogP contribution in [0.1, 0.15) is 43.8 Å². The molecule has 1 atom stereocenters. The van der Waals surface area contributed by atoms with Crippen LogP contribution in [0.3, 0.4) is 0 Å². The third-order valence-electron chi connectivity index (χ3n) is 3.99. The Morgan fingerprint density at radius 1 is 1.26 bits per heavy atom. The molecule has 2 aromatic rings. The molecule has 0 spiro atoms. The van der Waals surface area contributed by atoms with Gasteiger partial charge in [-0.1, -0.05) is 6.92 Å². The smallest absolute Gasteiger partial charge is 0.266 e. The zero-order valence-electron chi connectivity index (χ0n) is 12.9. The summed E-state index contributed by atoms with van der Waals surface area (Å²) in [4.78, 5) is 26.6. The highest BCUT2D eigenvalue weighted by molar-refractivity contribution is 9.11. The van der Waals surface area contributed by atoms with E-state index in [2.05, 4.69) is 33.5 Å². The van der Waals surface area contributed by atoms with Crippen molar-refractivity contribution in [2.24, 2.45) is 5.92 Å². The highest BCUT2D eigenvalue weighted by atomic mass is 79.9. The Bertz CT molecular complexity index is 766. The van der Waals surface area contributed by atoms with Crippen LogP contribution in [0.2, 0.25) is 0 Å². The lowest BCUT2D eigenvalue weighted by Crippen LogP contribution is -2.22. The van der Waals surface area contributed by atoms with Crippen LogP contribution >= 0.6 is 38.6 Å². The Morgan fingerprint density at radius 2 is 2.04 bits per heavy atom. The lowest BCUT2D eigenvalue weighted by molar-refractivity contribution is 0.0963. The van der Waals surface area contributed by atoms with Gasteiger partial charge in [-0.3, -0.25) is 9.59 Å². The quantitative estimate of drug-likeness (QED) is 0.788. The van der Waals surface area contributed by atoms with E-state index >= 15 is 0 Å². The second-order valence-electron chi connectivity index (χ2n) is 5.69. The van der Waals surface area contributed by atoms with Crippen LogP contribution in [0.15, 0.2) is 15.9 Å². The molecule has 2 heterocycles. The number of amides is 2. The van der Waals surface area contributed by atoms with E-state index in [0.29, 0.717) is 21.4 Å². The third-order valence-corrected chi connectivity index (χ3v) is 6.78. The Morgan fingerprint density at radius 3 is 2.70 bits per heavy atom. The van der Waals surface area contributed by atoms with Gasteiger partial charge in [0, 0.05) is 11.9 Å². The summed E-state index contributed by atoms with van der Waals surface area (Å²) in [7, 11) is 1.62. The van der Waals surface area contributed by atoms with Crippen LogP contribution in [0.4, 0.5) is 5.00 Å². The number of fused-ring (bicyclic) bond motifs is 1. The van der Waals surface area contributed by atoms with Crippen molar-refractivity contribution in [2.75, 3.05) is 12.4 Å². The van der Waals surface area contributed by atoms with Crippen molar-refractivity contribution in [3.05, 3.63) is 36.8 Å². The number of thiophene rings is 2. The van der Waals surface area contributed by atoms with E-state index in [-0.39, 0.29) is 11.8 Å². The van der Waals surface area contributed by atoms with Crippen molar-refractivity contribution in [1.29, 1.82) is 0 Å². The number of halogens is 1. The van der Waals surface area contributed by atoms with Gasteiger partial charge >= 0.3 is 0 Å². The van der Waals surface area contributed by atoms with Gasteiger partial charge in [-0.25, -0.2) is 0 Å². The van der Waals surface area contributed by atoms with Crippen molar-refractivity contribution in [2.45, 2.75) is 26.2 Å². The average molecular weight is 413 g/mol. The molecule has 0 fully saturated rings. The summed E-state index contributed by atoms with van der Waals surface area (Å²) in [6, 6.07) is 3.62. The summed E-state index contributed by atoms with van der Waals surface area (Å²) in [6.07, 6.45) is 2.96. The first-order valence-electron chi connectivity index (χ1n) is 7.43. The summed E-state index contributed by atoms with van der Waals surface area (Å²) in [5.74, 6) is 0.327. The van der Waals surface area contributed by atoms with Gasteiger partial charge in [0.1, 0.15) is 5.00 Å². The molecule has 0 aromatic carbocycles. The van der Waals surface area contributed by atoms with Crippen molar-refractivity contribution in [3.63, 3.8) is 0 Å². The Kier molecular flexibility index (Phi) is 4.89. The highest BCUT2D eigenvalue weighted by Gasteiger charge is 2.28. The fraction of sp³-hybridized carbons (Fsp3) is 0.375. The predicted octanol–water partition coefficient (Wildman–Crippen LogP) is 4.31. The molecule has 1 aliphatic rings. The molecule has 2 N–H and O–H groups in total.